The Morgan fingerprint density at radius 3 is 3.06 bits per heavy atom. The lowest BCUT2D eigenvalue weighted by Gasteiger charge is -1.99. The van der Waals surface area contributed by atoms with E-state index in [4.69, 9.17) is 10.5 Å². The molecule has 4 heteroatoms. The van der Waals surface area contributed by atoms with E-state index in [0.717, 1.165) is 10.9 Å². The summed E-state index contributed by atoms with van der Waals surface area (Å²) < 4.78 is 5.15. The molecule has 3 N–H and O–H groups in total. The Kier molecular flexibility index (Phi) is 2.64. The number of nitrogen functional groups attached to an aromatic ring is 1. The SMILES string of the molecule is CC=CC(=O)Oc1c[nH]c2cc(N)ccc12. The zero-order valence-corrected chi connectivity index (χ0v) is 8.86. The quantitative estimate of drug-likeness (QED) is 0.459. The summed E-state index contributed by atoms with van der Waals surface area (Å²) in [6.45, 7) is 1.76. The molecule has 1 aromatic carbocycles. The van der Waals surface area contributed by atoms with Crippen molar-refractivity contribution in [1.29, 1.82) is 0 Å². The number of hydrogen-bond acceptors (Lipinski definition) is 3. The summed E-state index contributed by atoms with van der Waals surface area (Å²) in [6, 6.07) is 5.38. The predicted molar refractivity (Wildman–Crippen MR) is 63.2 cm³/mol. The number of H-pyrrole nitrogens is 1. The molecule has 0 bridgehead atoms. The second-order valence-corrected chi connectivity index (χ2v) is 3.38. The molecule has 2 aromatic rings. The van der Waals surface area contributed by atoms with Crippen molar-refractivity contribution in [2.45, 2.75) is 6.92 Å². The van der Waals surface area contributed by atoms with Crippen LogP contribution in [0.4, 0.5) is 5.69 Å². The minimum atomic E-state index is -0.389. The van der Waals surface area contributed by atoms with Gasteiger partial charge in [0.25, 0.3) is 0 Å². The standard InChI is InChI=1S/C12H12N2O2/c1-2-3-12(15)16-11-7-14-10-6-8(13)4-5-9(10)11/h2-7,14H,13H2,1H3. The smallest absolute Gasteiger partial charge is 0.335 e. The van der Waals surface area contributed by atoms with Crippen LogP contribution >= 0.6 is 0 Å². The first-order valence-electron chi connectivity index (χ1n) is 4.92. The topological polar surface area (TPSA) is 68.1 Å². The Morgan fingerprint density at radius 2 is 2.31 bits per heavy atom. The van der Waals surface area contributed by atoms with E-state index in [2.05, 4.69) is 4.98 Å². The zero-order chi connectivity index (χ0) is 11.5. The molecule has 2 rings (SSSR count). The average Bonchev–Trinajstić information content (AvgIpc) is 2.61. The molecule has 0 unspecified atom stereocenters. The summed E-state index contributed by atoms with van der Waals surface area (Å²) in [5.74, 6) is 0.123. The summed E-state index contributed by atoms with van der Waals surface area (Å²) in [5, 5.41) is 0.840. The molecular formula is C12H12N2O2. The first kappa shape index (κ1) is 10.3. The molecule has 0 saturated heterocycles. The average molecular weight is 216 g/mol. The van der Waals surface area contributed by atoms with E-state index in [9.17, 15) is 4.79 Å². The van der Waals surface area contributed by atoms with Gasteiger partial charge in [-0.15, -0.1) is 0 Å². The molecule has 0 aliphatic carbocycles. The fraction of sp³-hybridized carbons (Fsp3) is 0.0833. The molecule has 0 aliphatic rings. The van der Waals surface area contributed by atoms with Crippen LogP contribution in [0.2, 0.25) is 0 Å². The summed E-state index contributed by atoms with van der Waals surface area (Å²) in [6.07, 6.45) is 4.65. The number of esters is 1. The number of carbonyl (C=O) groups excluding carboxylic acids is 1. The van der Waals surface area contributed by atoms with Gasteiger partial charge < -0.3 is 15.5 Å². The van der Waals surface area contributed by atoms with Crippen LogP contribution in [0.5, 0.6) is 5.75 Å². The largest absolute Gasteiger partial charge is 0.421 e. The fourth-order valence-electron chi connectivity index (χ4n) is 1.48. The van der Waals surface area contributed by atoms with Crippen molar-refractivity contribution in [3.63, 3.8) is 0 Å². The third kappa shape index (κ3) is 1.91. The molecule has 16 heavy (non-hydrogen) atoms. The van der Waals surface area contributed by atoms with Gasteiger partial charge in [0.1, 0.15) is 0 Å². The van der Waals surface area contributed by atoms with Crippen molar-refractivity contribution in [1.82, 2.24) is 4.98 Å². The molecule has 0 fully saturated rings. The van der Waals surface area contributed by atoms with E-state index < -0.39 is 0 Å². The van der Waals surface area contributed by atoms with Gasteiger partial charge in [0.2, 0.25) is 0 Å². The van der Waals surface area contributed by atoms with Gasteiger partial charge in [-0.2, -0.15) is 0 Å². The zero-order valence-electron chi connectivity index (χ0n) is 8.86. The summed E-state index contributed by atoms with van der Waals surface area (Å²) in [7, 11) is 0. The number of carbonyl (C=O) groups is 1. The molecule has 0 spiro atoms. The van der Waals surface area contributed by atoms with Gasteiger partial charge in [0.05, 0.1) is 5.52 Å². The number of rotatable bonds is 2. The van der Waals surface area contributed by atoms with Crippen LogP contribution in [0.3, 0.4) is 0 Å². The number of nitrogens with two attached hydrogens (primary N) is 1. The Hall–Kier alpha value is -2.23. The number of hydrogen-bond donors (Lipinski definition) is 2. The summed E-state index contributed by atoms with van der Waals surface area (Å²) >= 11 is 0. The predicted octanol–water partition coefficient (Wildman–Crippen LogP) is 2.23. The Balaban J connectivity index is 2.35. The number of fused-ring (bicyclic) bond motifs is 1. The van der Waals surface area contributed by atoms with Crippen molar-refractivity contribution >= 4 is 22.6 Å². The van der Waals surface area contributed by atoms with Crippen molar-refractivity contribution in [3.8, 4) is 5.75 Å². The van der Waals surface area contributed by atoms with Crippen molar-refractivity contribution < 1.29 is 9.53 Å². The monoisotopic (exact) mass is 216 g/mol. The van der Waals surface area contributed by atoms with Gasteiger partial charge in [-0.3, -0.25) is 0 Å². The van der Waals surface area contributed by atoms with Gasteiger partial charge in [-0.05, 0) is 25.1 Å². The van der Waals surface area contributed by atoms with Gasteiger partial charge >= 0.3 is 5.97 Å². The van der Waals surface area contributed by atoms with Crippen molar-refractivity contribution in [2.24, 2.45) is 0 Å². The van der Waals surface area contributed by atoms with E-state index in [1.54, 1.807) is 31.3 Å². The third-order valence-corrected chi connectivity index (χ3v) is 2.18. The maximum absolute atomic E-state index is 11.3. The molecule has 1 heterocycles. The lowest BCUT2D eigenvalue weighted by atomic mass is 10.2. The van der Waals surface area contributed by atoms with Crippen LogP contribution in [0, 0.1) is 0 Å². The minimum absolute atomic E-state index is 0.389. The van der Waals surface area contributed by atoms with Crippen LogP contribution < -0.4 is 10.5 Å². The van der Waals surface area contributed by atoms with Crippen molar-refractivity contribution in [3.05, 3.63) is 36.5 Å². The fourth-order valence-corrected chi connectivity index (χ4v) is 1.48. The van der Waals surface area contributed by atoms with Gasteiger partial charge in [-0.25, -0.2) is 4.79 Å². The van der Waals surface area contributed by atoms with Gasteiger partial charge in [-0.1, -0.05) is 6.08 Å². The number of nitrogens with one attached hydrogen (secondary N) is 1. The maximum atomic E-state index is 11.3. The number of ether oxygens (including phenoxy) is 1. The Labute approximate surface area is 92.7 Å². The van der Waals surface area contributed by atoms with E-state index in [1.165, 1.54) is 6.08 Å². The number of aromatic amines is 1. The van der Waals surface area contributed by atoms with Gasteiger partial charge in [0, 0.05) is 23.3 Å². The highest BCUT2D eigenvalue weighted by Crippen LogP contribution is 2.26. The molecule has 1 aromatic heterocycles. The van der Waals surface area contributed by atoms with Gasteiger partial charge in [0.15, 0.2) is 5.75 Å². The van der Waals surface area contributed by atoms with Crippen LogP contribution in [0.1, 0.15) is 6.92 Å². The van der Waals surface area contributed by atoms with Crippen LogP contribution in [0.15, 0.2) is 36.5 Å². The Bertz CT molecular complexity index is 555. The first-order valence-corrected chi connectivity index (χ1v) is 4.92. The first-order chi connectivity index (χ1) is 7.70. The number of benzene rings is 1. The highest BCUT2D eigenvalue weighted by molar-refractivity contribution is 5.92. The molecule has 0 aliphatic heterocycles. The Morgan fingerprint density at radius 1 is 1.50 bits per heavy atom. The third-order valence-electron chi connectivity index (χ3n) is 2.18. The maximum Gasteiger partial charge on any atom is 0.335 e. The molecule has 0 amide bonds. The molecule has 0 radical (unpaired) electrons. The number of allylic oxidation sites excluding steroid dienone is 1. The molecule has 4 nitrogen and oxygen atoms in total. The lowest BCUT2D eigenvalue weighted by Crippen LogP contribution is -2.02. The second kappa shape index (κ2) is 4.10. The number of anilines is 1. The second-order valence-electron chi connectivity index (χ2n) is 3.38. The molecule has 0 atom stereocenters. The van der Waals surface area contributed by atoms with E-state index in [0.29, 0.717) is 11.4 Å². The molecule has 0 saturated carbocycles. The number of aromatic nitrogens is 1. The normalized spacial score (nSPS) is 11.1. The van der Waals surface area contributed by atoms with Crippen molar-refractivity contribution in [2.75, 3.05) is 5.73 Å². The highest BCUT2D eigenvalue weighted by atomic mass is 16.5. The van der Waals surface area contributed by atoms with E-state index >= 15 is 0 Å². The lowest BCUT2D eigenvalue weighted by molar-refractivity contribution is -0.128. The van der Waals surface area contributed by atoms with E-state index in [-0.39, 0.29) is 5.97 Å². The minimum Gasteiger partial charge on any atom is -0.421 e. The van der Waals surface area contributed by atoms with Crippen LogP contribution in [0.25, 0.3) is 10.9 Å². The highest BCUT2D eigenvalue weighted by Gasteiger charge is 2.07. The summed E-state index contributed by atoms with van der Waals surface area (Å²) in [4.78, 5) is 14.3. The molecule has 82 valence electrons. The van der Waals surface area contributed by atoms with Crippen LogP contribution in [-0.4, -0.2) is 11.0 Å². The van der Waals surface area contributed by atoms with E-state index in [1.807, 2.05) is 6.07 Å². The van der Waals surface area contributed by atoms with Crippen LogP contribution in [-0.2, 0) is 4.79 Å². The molecular weight excluding hydrogens is 204 g/mol. The summed E-state index contributed by atoms with van der Waals surface area (Å²) in [5.41, 5.74) is 7.16.